The number of para-hydroxylation sites is 1. The van der Waals surface area contributed by atoms with Crippen LogP contribution in [0.1, 0.15) is 5.56 Å². The lowest BCUT2D eigenvalue weighted by molar-refractivity contribution is -0.275. The van der Waals surface area contributed by atoms with Crippen molar-refractivity contribution in [2.24, 2.45) is 0 Å². The van der Waals surface area contributed by atoms with E-state index < -0.39 is 13.0 Å². The standard InChI is InChI=1S/C8H6F3IO2/c9-8(10,11)14-7-5(4-13)2-1-3-6(7)12/h1-3,13H,4H2. The van der Waals surface area contributed by atoms with Crippen LogP contribution < -0.4 is 4.74 Å². The van der Waals surface area contributed by atoms with Gasteiger partial charge in [-0.3, -0.25) is 0 Å². The molecule has 0 saturated carbocycles. The molecule has 0 amide bonds. The molecule has 6 heteroatoms. The lowest BCUT2D eigenvalue weighted by Crippen LogP contribution is -2.18. The maximum atomic E-state index is 11.9. The zero-order valence-electron chi connectivity index (χ0n) is 6.81. The Morgan fingerprint density at radius 3 is 2.50 bits per heavy atom. The topological polar surface area (TPSA) is 29.5 Å². The number of ether oxygens (including phenoxy) is 1. The fraction of sp³-hybridized carbons (Fsp3) is 0.250. The number of benzene rings is 1. The fourth-order valence-corrected chi connectivity index (χ4v) is 1.57. The van der Waals surface area contributed by atoms with Crippen molar-refractivity contribution < 1.29 is 23.0 Å². The molecule has 0 saturated heterocycles. The van der Waals surface area contributed by atoms with Crippen molar-refractivity contribution in [2.75, 3.05) is 0 Å². The summed E-state index contributed by atoms with van der Waals surface area (Å²) >= 11 is 1.71. The first kappa shape index (κ1) is 11.6. The predicted octanol–water partition coefficient (Wildman–Crippen LogP) is 2.68. The Labute approximate surface area is 91.8 Å². The van der Waals surface area contributed by atoms with Gasteiger partial charge in [0, 0.05) is 5.56 Å². The minimum atomic E-state index is -4.73. The van der Waals surface area contributed by atoms with Crippen molar-refractivity contribution in [3.8, 4) is 5.75 Å². The monoisotopic (exact) mass is 318 g/mol. The van der Waals surface area contributed by atoms with Crippen LogP contribution >= 0.6 is 22.6 Å². The largest absolute Gasteiger partial charge is 0.573 e. The molecule has 0 unspecified atom stereocenters. The third-order valence-corrected chi connectivity index (χ3v) is 2.29. The molecule has 1 aromatic rings. The quantitative estimate of drug-likeness (QED) is 0.850. The molecule has 0 fully saturated rings. The minimum Gasteiger partial charge on any atom is -0.404 e. The van der Waals surface area contributed by atoms with Crippen LogP contribution in [-0.2, 0) is 6.61 Å². The van der Waals surface area contributed by atoms with Crippen molar-refractivity contribution in [3.63, 3.8) is 0 Å². The number of aliphatic hydroxyl groups excluding tert-OH is 1. The number of hydrogen-bond acceptors (Lipinski definition) is 2. The van der Waals surface area contributed by atoms with Gasteiger partial charge in [-0.2, -0.15) is 0 Å². The summed E-state index contributed by atoms with van der Waals surface area (Å²) in [6.07, 6.45) is -4.73. The maximum Gasteiger partial charge on any atom is 0.573 e. The van der Waals surface area contributed by atoms with Gasteiger partial charge >= 0.3 is 6.36 Å². The zero-order valence-corrected chi connectivity index (χ0v) is 8.96. The van der Waals surface area contributed by atoms with E-state index in [4.69, 9.17) is 5.11 Å². The van der Waals surface area contributed by atoms with E-state index in [9.17, 15) is 13.2 Å². The summed E-state index contributed by atoms with van der Waals surface area (Å²) in [5, 5.41) is 8.79. The number of alkyl halides is 3. The Morgan fingerprint density at radius 1 is 1.36 bits per heavy atom. The van der Waals surface area contributed by atoms with Gasteiger partial charge in [0.1, 0.15) is 5.75 Å². The van der Waals surface area contributed by atoms with E-state index in [2.05, 4.69) is 4.74 Å². The molecule has 1 aromatic carbocycles. The van der Waals surface area contributed by atoms with E-state index in [-0.39, 0.29) is 11.3 Å². The first-order valence-electron chi connectivity index (χ1n) is 3.58. The molecule has 0 aliphatic carbocycles. The maximum absolute atomic E-state index is 11.9. The Morgan fingerprint density at radius 2 is 2.00 bits per heavy atom. The van der Waals surface area contributed by atoms with Crippen molar-refractivity contribution >= 4 is 22.6 Å². The average molecular weight is 318 g/mol. The molecule has 1 rings (SSSR count). The first-order valence-corrected chi connectivity index (χ1v) is 4.66. The average Bonchev–Trinajstić information content (AvgIpc) is 2.06. The predicted molar refractivity (Wildman–Crippen MR) is 51.8 cm³/mol. The highest BCUT2D eigenvalue weighted by Gasteiger charge is 2.32. The van der Waals surface area contributed by atoms with Gasteiger partial charge in [0.05, 0.1) is 10.2 Å². The van der Waals surface area contributed by atoms with Crippen molar-refractivity contribution in [2.45, 2.75) is 13.0 Å². The van der Waals surface area contributed by atoms with Crippen LogP contribution in [0.4, 0.5) is 13.2 Å². The fourth-order valence-electron chi connectivity index (χ4n) is 0.908. The Hall–Kier alpha value is -0.500. The molecular formula is C8H6F3IO2. The van der Waals surface area contributed by atoms with E-state index in [0.29, 0.717) is 3.57 Å². The lowest BCUT2D eigenvalue weighted by Gasteiger charge is -2.13. The molecule has 2 nitrogen and oxygen atoms in total. The minimum absolute atomic E-state index is 0.120. The van der Waals surface area contributed by atoms with E-state index in [0.717, 1.165) is 0 Å². The second-order valence-corrected chi connectivity index (χ2v) is 3.60. The molecule has 0 radical (unpaired) electrons. The molecule has 0 atom stereocenters. The van der Waals surface area contributed by atoms with Gasteiger partial charge < -0.3 is 9.84 Å². The summed E-state index contributed by atoms with van der Waals surface area (Å²) in [5.74, 6) is -0.330. The number of aliphatic hydroxyl groups is 1. The highest BCUT2D eigenvalue weighted by molar-refractivity contribution is 14.1. The van der Waals surface area contributed by atoms with Gasteiger partial charge in [-0.05, 0) is 28.7 Å². The van der Waals surface area contributed by atoms with Crippen LogP contribution in [-0.4, -0.2) is 11.5 Å². The normalized spacial score (nSPS) is 11.5. The number of hydrogen-bond donors (Lipinski definition) is 1. The van der Waals surface area contributed by atoms with E-state index in [1.807, 2.05) is 0 Å². The molecule has 0 spiro atoms. The van der Waals surface area contributed by atoms with Crippen molar-refractivity contribution in [1.29, 1.82) is 0 Å². The summed E-state index contributed by atoms with van der Waals surface area (Å²) < 4.78 is 39.9. The second kappa shape index (κ2) is 4.35. The summed E-state index contributed by atoms with van der Waals surface area (Å²) in [7, 11) is 0. The van der Waals surface area contributed by atoms with Gasteiger partial charge in [-0.25, -0.2) is 0 Å². The summed E-state index contributed by atoms with van der Waals surface area (Å²) in [4.78, 5) is 0. The van der Waals surface area contributed by atoms with Crippen LogP contribution in [0.3, 0.4) is 0 Å². The summed E-state index contributed by atoms with van der Waals surface area (Å²) in [5.41, 5.74) is 0.120. The molecule has 0 aromatic heterocycles. The van der Waals surface area contributed by atoms with Gasteiger partial charge in [-0.1, -0.05) is 12.1 Å². The Bertz CT molecular complexity index is 325. The number of halogens is 4. The van der Waals surface area contributed by atoms with Crippen LogP contribution in [0.25, 0.3) is 0 Å². The molecule has 14 heavy (non-hydrogen) atoms. The summed E-state index contributed by atoms with van der Waals surface area (Å²) in [6.45, 7) is -0.484. The molecule has 0 aliphatic rings. The van der Waals surface area contributed by atoms with Crippen LogP contribution in [0.5, 0.6) is 5.75 Å². The lowest BCUT2D eigenvalue weighted by atomic mass is 10.2. The molecule has 0 heterocycles. The van der Waals surface area contributed by atoms with E-state index >= 15 is 0 Å². The van der Waals surface area contributed by atoms with Crippen LogP contribution in [0.2, 0.25) is 0 Å². The van der Waals surface area contributed by atoms with Crippen molar-refractivity contribution in [3.05, 3.63) is 27.3 Å². The summed E-state index contributed by atoms with van der Waals surface area (Å²) in [6, 6.07) is 4.40. The highest BCUT2D eigenvalue weighted by atomic mass is 127. The number of rotatable bonds is 2. The molecule has 0 bridgehead atoms. The SMILES string of the molecule is OCc1cccc(I)c1OC(F)(F)F. The molecular weight excluding hydrogens is 312 g/mol. The highest BCUT2D eigenvalue weighted by Crippen LogP contribution is 2.31. The third kappa shape index (κ3) is 3.02. The van der Waals surface area contributed by atoms with Crippen LogP contribution in [0, 0.1) is 3.57 Å². The van der Waals surface area contributed by atoms with Gasteiger partial charge in [0.2, 0.25) is 0 Å². The Kier molecular flexibility index (Phi) is 3.59. The first-order chi connectivity index (χ1) is 6.44. The second-order valence-electron chi connectivity index (χ2n) is 2.43. The molecule has 78 valence electrons. The van der Waals surface area contributed by atoms with Gasteiger partial charge in [-0.15, -0.1) is 13.2 Å². The smallest absolute Gasteiger partial charge is 0.404 e. The Balaban J connectivity index is 3.05. The van der Waals surface area contributed by atoms with Crippen LogP contribution in [0.15, 0.2) is 18.2 Å². The van der Waals surface area contributed by atoms with E-state index in [1.54, 1.807) is 28.7 Å². The molecule has 0 aliphatic heterocycles. The van der Waals surface area contributed by atoms with E-state index in [1.165, 1.54) is 12.1 Å². The molecule has 1 N–H and O–H groups in total. The zero-order chi connectivity index (χ0) is 10.8. The van der Waals surface area contributed by atoms with Crippen molar-refractivity contribution in [1.82, 2.24) is 0 Å². The third-order valence-electron chi connectivity index (χ3n) is 1.44. The van der Waals surface area contributed by atoms with Gasteiger partial charge in [0.15, 0.2) is 0 Å². The van der Waals surface area contributed by atoms with Gasteiger partial charge in [0.25, 0.3) is 0 Å².